The second-order valence-electron chi connectivity index (χ2n) is 6.96. The summed E-state index contributed by atoms with van der Waals surface area (Å²) in [6.07, 6.45) is 20.4. The van der Waals surface area contributed by atoms with Crippen molar-refractivity contribution in [2.24, 2.45) is 0 Å². The lowest BCUT2D eigenvalue weighted by Crippen LogP contribution is -2.49. The molecule has 5 heteroatoms. The fourth-order valence-corrected chi connectivity index (χ4v) is 2.80. The minimum absolute atomic E-state index is 0.294. The predicted octanol–water partition coefficient (Wildman–Crippen LogP) is 3.25. The number of carbonyl (C=O) groups is 2. The Labute approximate surface area is 159 Å². The monoisotopic (exact) mass is 368 g/mol. The van der Waals surface area contributed by atoms with Crippen LogP contribution >= 0.6 is 0 Å². The number of carboxylic acid groups (broad SMARTS) is 1. The van der Waals surface area contributed by atoms with Crippen LogP contribution in [0.15, 0.2) is 12.2 Å². The Balaban J connectivity index is 3.36. The van der Waals surface area contributed by atoms with E-state index in [0.29, 0.717) is 6.42 Å². The molecule has 0 rings (SSSR count). The van der Waals surface area contributed by atoms with Gasteiger partial charge in [-0.15, -0.1) is 0 Å². The molecule has 0 aliphatic rings. The zero-order chi connectivity index (χ0) is 19.5. The number of amides is 1. The van der Waals surface area contributed by atoms with Crippen LogP contribution in [0.5, 0.6) is 0 Å². The normalized spacial score (nSPS) is 12.4. The van der Waals surface area contributed by atoms with Gasteiger partial charge in [0.2, 0.25) is 5.91 Å². The van der Waals surface area contributed by atoms with Crippen molar-refractivity contribution in [3.8, 4) is 0 Å². The molecule has 0 saturated heterocycles. The molecule has 0 aliphatic carbocycles. The van der Waals surface area contributed by atoms with Gasteiger partial charge < -0.3 is 20.3 Å². The summed E-state index contributed by atoms with van der Waals surface area (Å²) in [4.78, 5) is 22.1. The van der Waals surface area contributed by atoms with Crippen LogP contribution < -0.4 is 10.4 Å². The van der Waals surface area contributed by atoms with Crippen molar-refractivity contribution in [2.45, 2.75) is 103 Å². The van der Waals surface area contributed by atoms with Gasteiger partial charge in [-0.05, 0) is 32.1 Å². The summed E-state index contributed by atoms with van der Waals surface area (Å²) in [5, 5.41) is 21.7. The van der Waals surface area contributed by atoms with Crippen molar-refractivity contribution >= 4 is 11.9 Å². The van der Waals surface area contributed by atoms with Crippen molar-refractivity contribution in [1.82, 2.24) is 5.32 Å². The third kappa shape index (κ3) is 16.1. The Kier molecular flexibility index (Phi) is 17.5. The van der Waals surface area contributed by atoms with Crippen LogP contribution in [0.2, 0.25) is 0 Å². The molecular formula is C21H38NO4-. The lowest BCUT2D eigenvalue weighted by molar-refractivity contribution is -0.309. The van der Waals surface area contributed by atoms with E-state index in [-0.39, 0.29) is 5.91 Å². The van der Waals surface area contributed by atoms with Gasteiger partial charge in [-0.2, -0.15) is 0 Å². The van der Waals surface area contributed by atoms with E-state index < -0.39 is 18.6 Å². The van der Waals surface area contributed by atoms with Crippen LogP contribution in [-0.4, -0.2) is 29.6 Å². The van der Waals surface area contributed by atoms with Gasteiger partial charge in [0.15, 0.2) is 0 Å². The van der Waals surface area contributed by atoms with Gasteiger partial charge in [0, 0.05) is 6.42 Å². The Morgan fingerprint density at radius 3 is 1.88 bits per heavy atom. The number of aliphatic hydroxyl groups is 1. The fourth-order valence-electron chi connectivity index (χ4n) is 2.80. The van der Waals surface area contributed by atoms with E-state index in [9.17, 15) is 14.7 Å². The van der Waals surface area contributed by atoms with E-state index in [1.54, 1.807) is 0 Å². The molecule has 0 fully saturated rings. The maximum atomic E-state index is 11.5. The molecule has 0 aromatic heterocycles. The average molecular weight is 369 g/mol. The van der Waals surface area contributed by atoms with E-state index in [1.807, 2.05) is 0 Å². The second kappa shape index (κ2) is 18.4. The third-order valence-electron chi connectivity index (χ3n) is 4.47. The maximum Gasteiger partial charge on any atom is 0.220 e. The number of aliphatic hydroxyl groups excluding tert-OH is 1. The minimum atomic E-state index is -1.45. The third-order valence-corrected chi connectivity index (χ3v) is 4.47. The molecule has 1 amide bonds. The molecule has 0 aromatic rings. The second-order valence-corrected chi connectivity index (χ2v) is 6.96. The van der Waals surface area contributed by atoms with E-state index in [0.717, 1.165) is 32.1 Å². The Morgan fingerprint density at radius 1 is 0.885 bits per heavy atom. The highest BCUT2D eigenvalue weighted by molar-refractivity contribution is 5.82. The first kappa shape index (κ1) is 24.6. The van der Waals surface area contributed by atoms with Crippen molar-refractivity contribution in [3.05, 3.63) is 12.2 Å². The number of aliphatic carboxylic acids is 1. The zero-order valence-electron chi connectivity index (χ0n) is 16.5. The summed E-state index contributed by atoms with van der Waals surface area (Å²) in [5.74, 6) is -1.80. The summed E-state index contributed by atoms with van der Waals surface area (Å²) in [7, 11) is 0. The van der Waals surface area contributed by atoms with E-state index in [2.05, 4.69) is 24.4 Å². The topological polar surface area (TPSA) is 89.5 Å². The number of hydrogen-bond donors (Lipinski definition) is 2. The number of rotatable bonds is 18. The van der Waals surface area contributed by atoms with Crippen LogP contribution in [0.1, 0.15) is 96.8 Å². The largest absolute Gasteiger partial charge is 0.548 e. The summed E-state index contributed by atoms with van der Waals surface area (Å²) < 4.78 is 0. The minimum Gasteiger partial charge on any atom is -0.548 e. The number of nitrogens with one attached hydrogen (secondary N) is 1. The molecule has 152 valence electrons. The zero-order valence-corrected chi connectivity index (χ0v) is 16.5. The van der Waals surface area contributed by atoms with Gasteiger partial charge >= 0.3 is 0 Å². The highest BCUT2D eigenvalue weighted by Gasteiger charge is 2.11. The number of carbonyl (C=O) groups excluding carboxylic acids is 2. The Bertz CT molecular complexity index is 382. The number of hydrogen-bond acceptors (Lipinski definition) is 4. The molecule has 1 atom stereocenters. The molecule has 0 heterocycles. The highest BCUT2D eigenvalue weighted by Crippen LogP contribution is 2.10. The SMILES string of the molecule is CCCCCCCC/C=C\CCCCCCCC(=O)N[C@@H](CO)C(=O)[O-]. The van der Waals surface area contributed by atoms with Gasteiger partial charge in [-0.3, -0.25) is 4.79 Å². The molecule has 5 nitrogen and oxygen atoms in total. The smallest absolute Gasteiger partial charge is 0.220 e. The van der Waals surface area contributed by atoms with Gasteiger partial charge in [-0.1, -0.05) is 70.4 Å². The lowest BCUT2D eigenvalue weighted by atomic mass is 10.1. The Hall–Kier alpha value is -1.36. The van der Waals surface area contributed by atoms with Crippen molar-refractivity contribution < 1.29 is 19.8 Å². The van der Waals surface area contributed by atoms with Crippen molar-refractivity contribution in [1.29, 1.82) is 0 Å². The summed E-state index contributed by atoms with van der Waals surface area (Å²) in [6.45, 7) is 1.60. The predicted molar refractivity (Wildman–Crippen MR) is 103 cm³/mol. The van der Waals surface area contributed by atoms with E-state index >= 15 is 0 Å². The molecular weight excluding hydrogens is 330 g/mol. The van der Waals surface area contributed by atoms with Crippen LogP contribution in [0.3, 0.4) is 0 Å². The van der Waals surface area contributed by atoms with Crippen LogP contribution in [0.4, 0.5) is 0 Å². The maximum absolute atomic E-state index is 11.5. The van der Waals surface area contributed by atoms with Crippen molar-refractivity contribution in [2.75, 3.05) is 6.61 Å². The molecule has 0 radical (unpaired) electrons. The number of unbranched alkanes of at least 4 members (excludes halogenated alkanes) is 11. The van der Waals surface area contributed by atoms with Gasteiger partial charge in [-0.25, -0.2) is 0 Å². The van der Waals surface area contributed by atoms with E-state index in [4.69, 9.17) is 5.11 Å². The summed E-state index contributed by atoms with van der Waals surface area (Å²) >= 11 is 0. The first-order valence-electron chi connectivity index (χ1n) is 10.4. The quantitative estimate of drug-likeness (QED) is 0.287. The van der Waals surface area contributed by atoms with Crippen LogP contribution in [-0.2, 0) is 9.59 Å². The molecule has 0 unspecified atom stereocenters. The van der Waals surface area contributed by atoms with E-state index in [1.165, 1.54) is 51.4 Å². The number of carboxylic acids is 1. The van der Waals surface area contributed by atoms with Gasteiger partial charge in [0.05, 0.1) is 18.6 Å². The molecule has 0 spiro atoms. The summed E-state index contributed by atoms with van der Waals surface area (Å²) in [5.41, 5.74) is 0. The standard InChI is InChI=1S/C21H39NO4/c1-2-3-4-5-6-7-8-9-10-11-12-13-14-15-16-17-20(24)22-19(18-23)21(25)26/h9-10,19,23H,2-8,11-18H2,1H3,(H,22,24)(H,25,26)/p-1/b10-9-/t19-/m0/s1. The molecule has 0 aliphatic heterocycles. The molecule has 0 bridgehead atoms. The molecule has 26 heavy (non-hydrogen) atoms. The Morgan fingerprint density at radius 2 is 1.38 bits per heavy atom. The van der Waals surface area contributed by atoms with Crippen LogP contribution in [0, 0.1) is 0 Å². The molecule has 0 aromatic carbocycles. The lowest BCUT2D eigenvalue weighted by Gasteiger charge is -2.16. The average Bonchev–Trinajstić information content (AvgIpc) is 2.62. The highest BCUT2D eigenvalue weighted by atomic mass is 16.4. The molecule has 0 saturated carbocycles. The first-order valence-corrected chi connectivity index (χ1v) is 10.4. The number of allylic oxidation sites excluding steroid dienone is 2. The van der Waals surface area contributed by atoms with Crippen molar-refractivity contribution in [3.63, 3.8) is 0 Å². The fraction of sp³-hybridized carbons (Fsp3) is 0.810. The molecule has 2 N–H and O–H groups in total. The first-order chi connectivity index (χ1) is 12.6. The van der Waals surface area contributed by atoms with Crippen LogP contribution in [0.25, 0.3) is 0 Å². The van der Waals surface area contributed by atoms with Gasteiger partial charge in [0.25, 0.3) is 0 Å². The summed E-state index contributed by atoms with van der Waals surface area (Å²) in [6, 6.07) is -1.30. The van der Waals surface area contributed by atoms with Gasteiger partial charge in [0.1, 0.15) is 0 Å².